The van der Waals surface area contributed by atoms with E-state index >= 15 is 0 Å². The Morgan fingerprint density at radius 2 is 1.75 bits per heavy atom. The highest BCUT2D eigenvalue weighted by atomic mass is 16.2. The molecule has 0 aliphatic carbocycles. The molecule has 0 bridgehead atoms. The molecule has 0 atom stereocenters. The topological polar surface area (TPSA) is 70.2 Å². The van der Waals surface area contributed by atoms with Gasteiger partial charge in [0.15, 0.2) is 6.29 Å². The number of amides is 2. The van der Waals surface area contributed by atoms with Crippen LogP contribution in [0.5, 0.6) is 0 Å². The molecular weight excluding hydrogens is 304 g/mol. The molecule has 2 aromatic carbocycles. The molecule has 2 amide bonds. The van der Waals surface area contributed by atoms with Crippen molar-refractivity contribution in [2.75, 3.05) is 0 Å². The van der Waals surface area contributed by atoms with E-state index in [9.17, 15) is 14.4 Å². The first-order valence-electron chi connectivity index (χ1n) is 7.62. The minimum absolute atomic E-state index is 0.0857. The van der Waals surface area contributed by atoms with Crippen molar-refractivity contribution in [1.29, 1.82) is 0 Å². The zero-order valence-corrected chi connectivity index (χ0v) is 13.0. The summed E-state index contributed by atoms with van der Waals surface area (Å²) in [6, 6.07) is 10.5. The van der Waals surface area contributed by atoms with Crippen LogP contribution in [0.4, 0.5) is 0 Å². The molecule has 5 heteroatoms. The zero-order valence-electron chi connectivity index (χ0n) is 13.0. The third kappa shape index (κ3) is 1.91. The minimum atomic E-state index is -0.320. The molecule has 24 heavy (non-hydrogen) atoms. The van der Waals surface area contributed by atoms with Crippen molar-refractivity contribution in [3.05, 3.63) is 70.4 Å². The Balaban J connectivity index is 1.80. The average molecular weight is 318 g/mol. The Morgan fingerprint density at radius 1 is 1.08 bits per heavy atom. The van der Waals surface area contributed by atoms with Gasteiger partial charge in [-0.25, -0.2) is 0 Å². The van der Waals surface area contributed by atoms with Crippen molar-refractivity contribution in [1.82, 2.24) is 9.88 Å². The highest BCUT2D eigenvalue weighted by Gasteiger charge is 2.35. The fourth-order valence-electron chi connectivity index (χ4n) is 3.33. The molecule has 0 saturated carbocycles. The maximum absolute atomic E-state index is 12.5. The van der Waals surface area contributed by atoms with E-state index in [-0.39, 0.29) is 18.4 Å². The van der Waals surface area contributed by atoms with Gasteiger partial charge in [-0.2, -0.15) is 0 Å². The molecule has 5 nitrogen and oxygen atoms in total. The first kappa shape index (κ1) is 14.4. The SMILES string of the molecule is Cc1cc(CN2C(=O)c3ccccc3C2=O)c(C=O)c2cc[nH]c12. The van der Waals surface area contributed by atoms with Gasteiger partial charge in [-0.15, -0.1) is 0 Å². The molecule has 1 N–H and O–H groups in total. The van der Waals surface area contributed by atoms with Crippen LogP contribution >= 0.6 is 0 Å². The van der Waals surface area contributed by atoms with Crippen molar-refractivity contribution in [3.63, 3.8) is 0 Å². The first-order valence-corrected chi connectivity index (χ1v) is 7.62. The molecule has 0 radical (unpaired) electrons. The van der Waals surface area contributed by atoms with E-state index in [1.807, 2.05) is 19.1 Å². The summed E-state index contributed by atoms with van der Waals surface area (Å²) in [7, 11) is 0. The van der Waals surface area contributed by atoms with Crippen LogP contribution in [0.2, 0.25) is 0 Å². The van der Waals surface area contributed by atoms with Gasteiger partial charge in [0, 0.05) is 22.7 Å². The summed E-state index contributed by atoms with van der Waals surface area (Å²) in [5.41, 5.74) is 3.86. The second-order valence-corrected chi connectivity index (χ2v) is 5.89. The number of carbonyl (C=O) groups excluding carboxylic acids is 3. The number of nitrogens with zero attached hydrogens (tertiary/aromatic N) is 1. The maximum Gasteiger partial charge on any atom is 0.261 e. The van der Waals surface area contributed by atoms with Crippen molar-refractivity contribution in [3.8, 4) is 0 Å². The first-order chi connectivity index (χ1) is 11.6. The fraction of sp³-hybridized carbons (Fsp3) is 0.105. The minimum Gasteiger partial charge on any atom is -0.361 e. The molecule has 0 fully saturated rings. The lowest BCUT2D eigenvalue weighted by Crippen LogP contribution is -2.29. The second kappa shape index (κ2) is 5.16. The summed E-state index contributed by atoms with van der Waals surface area (Å²) >= 11 is 0. The van der Waals surface area contributed by atoms with Crippen LogP contribution in [0.25, 0.3) is 10.9 Å². The molecule has 118 valence electrons. The number of carbonyl (C=O) groups is 3. The van der Waals surface area contributed by atoms with Crippen molar-refractivity contribution in [2.45, 2.75) is 13.5 Å². The lowest BCUT2D eigenvalue weighted by atomic mass is 10.00. The summed E-state index contributed by atoms with van der Waals surface area (Å²) in [6.45, 7) is 2.02. The van der Waals surface area contributed by atoms with E-state index in [0.29, 0.717) is 22.3 Å². The summed E-state index contributed by atoms with van der Waals surface area (Å²) in [6.07, 6.45) is 2.56. The average Bonchev–Trinajstić information content (AvgIpc) is 3.16. The standard InChI is InChI=1S/C19H14N2O3/c1-11-8-12(16(10-22)13-6-7-20-17(11)13)9-21-18(23)14-4-2-3-5-15(14)19(21)24/h2-8,10,20H,9H2,1H3. The number of hydrogen-bond donors (Lipinski definition) is 1. The van der Waals surface area contributed by atoms with Crippen LogP contribution in [-0.4, -0.2) is 28.0 Å². The van der Waals surface area contributed by atoms with Crippen molar-refractivity contribution >= 4 is 29.0 Å². The van der Waals surface area contributed by atoms with Gasteiger partial charge in [-0.05, 0) is 36.2 Å². The third-order valence-corrected chi connectivity index (χ3v) is 4.49. The van der Waals surface area contributed by atoms with Crippen molar-refractivity contribution in [2.24, 2.45) is 0 Å². The maximum atomic E-state index is 12.5. The fourth-order valence-corrected chi connectivity index (χ4v) is 3.33. The van der Waals surface area contributed by atoms with Crippen LogP contribution in [-0.2, 0) is 6.54 Å². The van der Waals surface area contributed by atoms with Gasteiger partial charge < -0.3 is 4.98 Å². The van der Waals surface area contributed by atoms with Crippen LogP contribution in [0.3, 0.4) is 0 Å². The van der Waals surface area contributed by atoms with E-state index in [1.54, 1.807) is 30.5 Å². The van der Waals surface area contributed by atoms with Crippen LogP contribution in [0.15, 0.2) is 42.6 Å². The van der Waals surface area contributed by atoms with Crippen LogP contribution in [0.1, 0.15) is 42.2 Å². The van der Waals surface area contributed by atoms with Gasteiger partial charge in [0.1, 0.15) is 0 Å². The lowest BCUT2D eigenvalue weighted by Gasteiger charge is -2.16. The Labute approximate surface area is 137 Å². The second-order valence-electron chi connectivity index (χ2n) is 5.89. The quantitative estimate of drug-likeness (QED) is 0.596. The van der Waals surface area contributed by atoms with Crippen molar-refractivity contribution < 1.29 is 14.4 Å². The van der Waals surface area contributed by atoms with Gasteiger partial charge in [0.2, 0.25) is 0 Å². The number of imide groups is 1. The van der Waals surface area contributed by atoms with E-state index in [0.717, 1.165) is 22.8 Å². The number of aldehydes is 1. The highest BCUT2D eigenvalue weighted by molar-refractivity contribution is 6.21. The predicted octanol–water partition coefficient (Wildman–Crippen LogP) is 3.09. The Hall–Kier alpha value is -3.21. The predicted molar refractivity (Wildman–Crippen MR) is 89.1 cm³/mol. The molecule has 4 rings (SSSR count). The summed E-state index contributed by atoms with van der Waals surface area (Å²) in [5, 5.41) is 0.802. The molecule has 2 heterocycles. The van der Waals surface area contributed by atoms with E-state index < -0.39 is 0 Å². The molecule has 1 aromatic heterocycles. The molecule has 0 unspecified atom stereocenters. The number of aromatic amines is 1. The molecule has 3 aromatic rings. The molecule has 1 aliphatic heterocycles. The molecular formula is C19H14N2O3. The normalized spacial score (nSPS) is 13.6. The highest BCUT2D eigenvalue weighted by Crippen LogP contribution is 2.28. The molecule has 0 saturated heterocycles. The van der Waals surface area contributed by atoms with E-state index in [1.165, 1.54) is 4.90 Å². The monoisotopic (exact) mass is 318 g/mol. The summed E-state index contributed by atoms with van der Waals surface area (Å²) < 4.78 is 0. The van der Waals surface area contributed by atoms with E-state index in [4.69, 9.17) is 0 Å². The molecule has 1 aliphatic rings. The summed E-state index contributed by atoms with van der Waals surface area (Å²) in [4.78, 5) is 41.0. The third-order valence-electron chi connectivity index (χ3n) is 4.49. The zero-order chi connectivity index (χ0) is 16.8. The van der Waals surface area contributed by atoms with Crippen LogP contribution < -0.4 is 0 Å². The molecule has 0 spiro atoms. The van der Waals surface area contributed by atoms with Crippen LogP contribution in [0, 0.1) is 6.92 Å². The summed E-state index contributed by atoms with van der Waals surface area (Å²) in [5.74, 6) is -0.640. The Morgan fingerprint density at radius 3 is 2.38 bits per heavy atom. The number of aryl methyl sites for hydroxylation is 1. The lowest BCUT2D eigenvalue weighted by molar-refractivity contribution is 0.0641. The van der Waals surface area contributed by atoms with Gasteiger partial charge in [0.25, 0.3) is 11.8 Å². The van der Waals surface area contributed by atoms with Gasteiger partial charge in [-0.3, -0.25) is 19.3 Å². The number of H-pyrrole nitrogens is 1. The number of aromatic nitrogens is 1. The number of fused-ring (bicyclic) bond motifs is 2. The van der Waals surface area contributed by atoms with E-state index in [2.05, 4.69) is 4.98 Å². The number of nitrogens with one attached hydrogen (secondary N) is 1. The number of rotatable bonds is 3. The Bertz CT molecular complexity index is 982. The van der Waals surface area contributed by atoms with Gasteiger partial charge >= 0.3 is 0 Å². The Kier molecular flexibility index (Phi) is 3.09. The smallest absolute Gasteiger partial charge is 0.261 e. The van der Waals surface area contributed by atoms with Gasteiger partial charge in [0.05, 0.1) is 17.7 Å². The number of hydrogen-bond acceptors (Lipinski definition) is 3. The largest absolute Gasteiger partial charge is 0.361 e. The number of benzene rings is 2. The van der Waals surface area contributed by atoms with Gasteiger partial charge in [-0.1, -0.05) is 18.2 Å².